The lowest BCUT2D eigenvalue weighted by atomic mass is 10.2. The molecule has 1 N–H and O–H groups in total. The van der Waals surface area contributed by atoms with Crippen LogP contribution in [0, 0.1) is 6.92 Å². The van der Waals surface area contributed by atoms with Crippen LogP contribution in [-0.4, -0.2) is 36.2 Å². The van der Waals surface area contributed by atoms with Crippen LogP contribution in [0.1, 0.15) is 37.9 Å². The summed E-state index contributed by atoms with van der Waals surface area (Å²) in [4.78, 5) is 0. The van der Waals surface area contributed by atoms with E-state index < -0.39 is 9.84 Å². The van der Waals surface area contributed by atoms with Gasteiger partial charge in [0.2, 0.25) is 0 Å². The lowest BCUT2D eigenvalue weighted by Crippen LogP contribution is -2.14. The second-order valence-electron chi connectivity index (χ2n) is 4.77. The maximum absolute atomic E-state index is 11.4. The van der Waals surface area contributed by atoms with Crippen molar-refractivity contribution >= 4 is 9.84 Å². The van der Waals surface area contributed by atoms with Crippen LogP contribution < -0.4 is 5.32 Å². The molecule has 0 aromatic carbocycles. The summed E-state index contributed by atoms with van der Waals surface area (Å²) < 4.78 is 24.6. The van der Waals surface area contributed by atoms with Gasteiger partial charge >= 0.3 is 0 Å². The van der Waals surface area contributed by atoms with E-state index in [-0.39, 0.29) is 11.5 Å². The second-order valence-corrected chi connectivity index (χ2v) is 7.24. The number of hydrogen-bond donors (Lipinski definition) is 1. The largest absolute Gasteiger partial charge is 0.313 e. The van der Waals surface area contributed by atoms with Crippen LogP contribution >= 0.6 is 0 Å². The van der Waals surface area contributed by atoms with E-state index in [4.69, 9.17) is 0 Å². The molecule has 0 unspecified atom stereocenters. The molecule has 6 heteroatoms. The van der Waals surface area contributed by atoms with Crippen molar-refractivity contribution in [1.82, 2.24) is 15.1 Å². The number of aromatic nitrogens is 2. The number of sulfone groups is 1. The first-order valence-electron chi connectivity index (χ1n) is 6.92. The fourth-order valence-electron chi connectivity index (χ4n) is 1.84. The number of rotatable bonds is 9. The summed E-state index contributed by atoms with van der Waals surface area (Å²) in [5.74, 6) is 0.461. The molecule has 1 rings (SSSR count). The molecule has 0 fully saturated rings. The highest BCUT2D eigenvalue weighted by atomic mass is 32.2. The van der Waals surface area contributed by atoms with Crippen LogP contribution in [0.5, 0.6) is 0 Å². The van der Waals surface area contributed by atoms with Gasteiger partial charge < -0.3 is 5.32 Å². The topological polar surface area (TPSA) is 64.0 Å². The highest BCUT2D eigenvalue weighted by Crippen LogP contribution is 2.06. The predicted molar refractivity (Wildman–Crippen MR) is 77.9 cm³/mol. The zero-order valence-corrected chi connectivity index (χ0v) is 13.0. The van der Waals surface area contributed by atoms with Crippen LogP contribution in [0.15, 0.2) is 6.20 Å². The van der Waals surface area contributed by atoms with Crippen LogP contribution in [0.2, 0.25) is 0 Å². The summed E-state index contributed by atoms with van der Waals surface area (Å²) >= 11 is 0. The fourth-order valence-corrected chi connectivity index (χ4v) is 2.70. The van der Waals surface area contributed by atoms with Crippen molar-refractivity contribution in [2.75, 3.05) is 18.1 Å². The molecular formula is C13H25N3O2S. The number of aryl methyl sites for hydroxylation is 2. The Bertz CT molecular complexity index is 480. The molecule has 1 aromatic heterocycles. The third-order valence-electron chi connectivity index (χ3n) is 3.07. The third-order valence-corrected chi connectivity index (χ3v) is 4.86. The van der Waals surface area contributed by atoms with Crippen LogP contribution in [0.4, 0.5) is 0 Å². The van der Waals surface area contributed by atoms with Crippen molar-refractivity contribution in [2.45, 2.75) is 46.7 Å². The van der Waals surface area contributed by atoms with Gasteiger partial charge in [0.25, 0.3) is 0 Å². The Kier molecular flexibility index (Phi) is 6.51. The lowest BCUT2D eigenvalue weighted by molar-refractivity contribution is 0.571. The van der Waals surface area contributed by atoms with Gasteiger partial charge in [-0.1, -0.05) is 13.8 Å². The minimum absolute atomic E-state index is 0.220. The van der Waals surface area contributed by atoms with E-state index in [9.17, 15) is 8.42 Å². The van der Waals surface area contributed by atoms with Crippen molar-refractivity contribution < 1.29 is 8.42 Å². The number of nitrogens with zero attached hydrogens (tertiary/aromatic N) is 2. The zero-order valence-electron chi connectivity index (χ0n) is 12.1. The Labute approximate surface area is 116 Å². The normalized spacial score (nSPS) is 11.9. The van der Waals surface area contributed by atoms with Crippen molar-refractivity contribution in [3.05, 3.63) is 17.5 Å². The van der Waals surface area contributed by atoms with E-state index in [1.54, 1.807) is 6.92 Å². The Balaban J connectivity index is 2.45. The number of nitrogens with one attached hydrogen (secondary N) is 1. The van der Waals surface area contributed by atoms with E-state index in [0.717, 1.165) is 25.2 Å². The SMILES string of the molecule is CCCNCc1cn(CCCS(=O)(=O)CC)nc1C. The molecule has 0 radical (unpaired) electrons. The Morgan fingerprint density at radius 3 is 2.74 bits per heavy atom. The Morgan fingerprint density at radius 1 is 1.37 bits per heavy atom. The maximum atomic E-state index is 11.4. The summed E-state index contributed by atoms with van der Waals surface area (Å²) in [6.07, 6.45) is 3.75. The predicted octanol–water partition coefficient (Wildman–Crippen LogP) is 1.52. The average molecular weight is 287 g/mol. The quantitative estimate of drug-likeness (QED) is 0.699. The molecular weight excluding hydrogens is 262 g/mol. The molecule has 5 nitrogen and oxygen atoms in total. The van der Waals surface area contributed by atoms with E-state index in [0.29, 0.717) is 13.0 Å². The molecule has 0 saturated carbocycles. The van der Waals surface area contributed by atoms with Crippen molar-refractivity contribution in [3.63, 3.8) is 0 Å². The summed E-state index contributed by atoms with van der Waals surface area (Å²) in [6, 6.07) is 0. The molecule has 0 aliphatic carbocycles. The molecule has 0 atom stereocenters. The smallest absolute Gasteiger partial charge is 0.150 e. The monoisotopic (exact) mass is 287 g/mol. The maximum Gasteiger partial charge on any atom is 0.150 e. The molecule has 0 saturated heterocycles. The van der Waals surface area contributed by atoms with Gasteiger partial charge in [-0.05, 0) is 26.3 Å². The van der Waals surface area contributed by atoms with Gasteiger partial charge in [-0.3, -0.25) is 4.68 Å². The fraction of sp³-hybridized carbons (Fsp3) is 0.769. The second kappa shape index (κ2) is 7.65. The van der Waals surface area contributed by atoms with Gasteiger partial charge in [0.05, 0.1) is 11.4 Å². The molecule has 110 valence electrons. The molecule has 0 amide bonds. The first-order chi connectivity index (χ1) is 8.98. The molecule has 0 aliphatic heterocycles. The summed E-state index contributed by atoms with van der Waals surface area (Å²) in [5.41, 5.74) is 2.20. The van der Waals surface area contributed by atoms with Crippen LogP contribution in [0.3, 0.4) is 0 Å². The Hall–Kier alpha value is -0.880. The summed E-state index contributed by atoms with van der Waals surface area (Å²) in [5, 5.41) is 7.76. The minimum atomic E-state index is -2.86. The van der Waals surface area contributed by atoms with Crippen molar-refractivity contribution in [3.8, 4) is 0 Å². The summed E-state index contributed by atoms with van der Waals surface area (Å²) in [7, 11) is -2.86. The van der Waals surface area contributed by atoms with Crippen LogP contribution in [-0.2, 0) is 22.9 Å². The molecule has 0 bridgehead atoms. The van der Waals surface area contributed by atoms with Gasteiger partial charge in [0, 0.05) is 30.6 Å². The van der Waals surface area contributed by atoms with Gasteiger partial charge in [0.1, 0.15) is 9.84 Å². The van der Waals surface area contributed by atoms with Gasteiger partial charge in [0.15, 0.2) is 0 Å². The zero-order chi connectivity index (χ0) is 14.3. The first kappa shape index (κ1) is 16.2. The summed E-state index contributed by atoms with van der Waals surface area (Å²) in [6.45, 7) is 8.30. The van der Waals surface area contributed by atoms with E-state index in [2.05, 4.69) is 17.3 Å². The molecule has 1 heterocycles. The highest BCUT2D eigenvalue weighted by Gasteiger charge is 2.08. The van der Waals surface area contributed by atoms with Gasteiger partial charge in [-0.2, -0.15) is 5.10 Å². The number of hydrogen-bond acceptors (Lipinski definition) is 4. The van der Waals surface area contributed by atoms with E-state index in [1.807, 2.05) is 17.8 Å². The highest BCUT2D eigenvalue weighted by molar-refractivity contribution is 7.91. The Morgan fingerprint density at radius 2 is 2.11 bits per heavy atom. The van der Waals surface area contributed by atoms with Crippen molar-refractivity contribution in [2.24, 2.45) is 0 Å². The van der Waals surface area contributed by atoms with Gasteiger partial charge in [-0.15, -0.1) is 0 Å². The van der Waals surface area contributed by atoms with Crippen molar-refractivity contribution in [1.29, 1.82) is 0 Å². The van der Waals surface area contributed by atoms with Gasteiger partial charge in [-0.25, -0.2) is 8.42 Å². The molecule has 0 spiro atoms. The van der Waals surface area contributed by atoms with E-state index >= 15 is 0 Å². The third kappa shape index (κ3) is 5.74. The first-order valence-corrected chi connectivity index (χ1v) is 8.74. The molecule has 0 aliphatic rings. The molecule has 1 aromatic rings. The molecule has 19 heavy (non-hydrogen) atoms. The van der Waals surface area contributed by atoms with Crippen LogP contribution in [0.25, 0.3) is 0 Å². The van der Waals surface area contributed by atoms with E-state index in [1.165, 1.54) is 5.56 Å². The minimum Gasteiger partial charge on any atom is -0.313 e. The lowest BCUT2D eigenvalue weighted by Gasteiger charge is -2.02. The standard InChI is InChI=1S/C13H25N3O2S/c1-4-7-14-10-13-11-16(15-12(13)3)8-6-9-19(17,18)5-2/h11,14H,4-10H2,1-3H3. The average Bonchev–Trinajstić information content (AvgIpc) is 2.70.